The topological polar surface area (TPSA) is 84.5 Å². The van der Waals surface area contributed by atoms with E-state index in [1.165, 1.54) is 18.4 Å². The molecule has 6 nitrogen and oxygen atoms in total. The Morgan fingerprint density at radius 2 is 1.72 bits per heavy atom. The van der Waals surface area contributed by atoms with Crippen molar-refractivity contribution < 1.29 is 19.1 Å². The zero-order valence-corrected chi connectivity index (χ0v) is 19.6. The first kappa shape index (κ1) is 25.7. The van der Waals surface area contributed by atoms with Crippen molar-refractivity contribution in [2.75, 3.05) is 24.3 Å². The molecule has 162 valence electrons. The molecule has 2 N–H and O–H groups in total. The second kappa shape index (κ2) is 15.5. The van der Waals surface area contributed by atoms with Crippen LogP contribution in [0.4, 0.5) is 0 Å². The average molecular weight is 459 g/mol. The molecule has 0 radical (unpaired) electrons. The third-order valence-electron chi connectivity index (χ3n) is 3.72. The molecule has 9 heteroatoms. The SMILES string of the molecule is CSNC(=O)CCC(=O)OCc1ccc(C(=O)NCCSSCCC(C)C)cc1. The van der Waals surface area contributed by atoms with E-state index in [-0.39, 0.29) is 31.3 Å². The maximum atomic E-state index is 12.2. The monoisotopic (exact) mass is 458 g/mol. The molecule has 1 rings (SSSR count). The molecule has 1 aromatic carbocycles. The van der Waals surface area contributed by atoms with Gasteiger partial charge in [0.2, 0.25) is 5.91 Å². The summed E-state index contributed by atoms with van der Waals surface area (Å²) >= 11 is 1.20. The predicted octanol–water partition coefficient (Wildman–Crippen LogP) is 4.06. The van der Waals surface area contributed by atoms with E-state index < -0.39 is 5.97 Å². The Kier molecular flexibility index (Phi) is 13.8. The van der Waals surface area contributed by atoms with Crippen LogP contribution in [0.25, 0.3) is 0 Å². The number of carbonyl (C=O) groups is 3. The lowest BCUT2D eigenvalue weighted by Crippen LogP contribution is -2.25. The van der Waals surface area contributed by atoms with Crippen LogP contribution in [0, 0.1) is 5.92 Å². The summed E-state index contributed by atoms with van der Waals surface area (Å²) < 4.78 is 7.70. The summed E-state index contributed by atoms with van der Waals surface area (Å²) in [5, 5.41) is 2.91. The lowest BCUT2D eigenvalue weighted by atomic mass is 10.1. The van der Waals surface area contributed by atoms with Crippen molar-refractivity contribution in [3.8, 4) is 0 Å². The Morgan fingerprint density at radius 3 is 2.38 bits per heavy atom. The molecule has 2 amide bonds. The number of esters is 1. The van der Waals surface area contributed by atoms with Gasteiger partial charge in [0.15, 0.2) is 0 Å². The Labute approximate surface area is 185 Å². The Bertz CT molecular complexity index is 639. The van der Waals surface area contributed by atoms with Gasteiger partial charge in [-0.2, -0.15) is 0 Å². The number of carbonyl (C=O) groups excluding carboxylic acids is 3. The normalized spacial score (nSPS) is 10.6. The first-order valence-electron chi connectivity index (χ1n) is 9.51. The van der Waals surface area contributed by atoms with E-state index >= 15 is 0 Å². The molecule has 0 aliphatic heterocycles. The van der Waals surface area contributed by atoms with Gasteiger partial charge < -0.3 is 14.8 Å². The van der Waals surface area contributed by atoms with Crippen LogP contribution in [0.3, 0.4) is 0 Å². The molecule has 0 aliphatic rings. The van der Waals surface area contributed by atoms with E-state index in [1.54, 1.807) is 41.3 Å². The highest BCUT2D eigenvalue weighted by molar-refractivity contribution is 8.76. The van der Waals surface area contributed by atoms with Crippen molar-refractivity contribution in [1.82, 2.24) is 10.0 Å². The van der Waals surface area contributed by atoms with Crippen LogP contribution < -0.4 is 10.0 Å². The molecule has 0 saturated heterocycles. The van der Waals surface area contributed by atoms with Crippen LogP contribution in [0.15, 0.2) is 24.3 Å². The molecule has 0 atom stereocenters. The third kappa shape index (κ3) is 12.8. The summed E-state index contributed by atoms with van der Waals surface area (Å²) in [4.78, 5) is 35.1. The van der Waals surface area contributed by atoms with Gasteiger partial charge in [-0.25, -0.2) is 0 Å². The van der Waals surface area contributed by atoms with Gasteiger partial charge in [0, 0.05) is 36.3 Å². The quantitative estimate of drug-likeness (QED) is 0.188. The second-order valence-corrected chi connectivity index (χ2v) is 9.98. The standard InChI is InChI=1S/C20H30N2O4S3/c1-15(2)10-12-28-29-13-11-21-20(25)17-6-4-16(5-7-17)14-26-19(24)9-8-18(23)22-27-3/h4-7,15H,8-14H2,1-3H3,(H,21,25)(H,22,23). The summed E-state index contributed by atoms with van der Waals surface area (Å²) in [6.07, 6.45) is 3.10. The Morgan fingerprint density at radius 1 is 1.03 bits per heavy atom. The van der Waals surface area contributed by atoms with Gasteiger partial charge in [-0.05, 0) is 30.0 Å². The van der Waals surface area contributed by atoms with E-state index in [9.17, 15) is 14.4 Å². The summed E-state index contributed by atoms with van der Waals surface area (Å²) in [6.45, 7) is 5.18. The van der Waals surface area contributed by atoms with Gasteiger partial charge >= 0.3 is 5.97 Å². The molecule has 0 unspecified atom stereocenters. The smallest absolute Gasteiger partial charge is 0.306 e. The van der Waals surface area contributed by atoms with E-state index in [2.05, 4.69) is 23.9 Å². The Hall–Kier alpha value is -1.32. The molecular formula is C20H30N2O4S3. The molecule has 0 heterocycles. The largest absolute Gasteiger partial charge is 0.461 e. The molecule has 0 fully saturated rings. The van der Waals surface area contributed by atoms with Gasteiger partial charge in [0.05, 0.1) is 6.42 Å². The third-order valence-corrected chi connectivity index (χ3v) is 6.59. The number of ether oxygens (including phenoxy) is 1. The maximum absolute atomic E-state index is 12.2. The number of hydrogen-bond acceptors (Lipinski definition) is 7. The van der Waals surface area contributed by atoms with Crippen LogP contribution in [-0.4, -0.2) is 42.1 Å². The Balaban J connectivity index is 2.22. The molecule has 0 saturated carbocycles. The van der Waals surface area contributed by atoms with Crippen LogP contribution in [-0.2, 0) is 20.9 Å². The number of rotatable bonds is 14. The molecule has 1 aromatic rings. The first-order valence-corrected chi connectivity index (χ1v) is 13.2. The fraction of sp³-hybridized carbons (Fsp3) is 0.550. The van der Waals surface area contributed by atoms with Gasteiger partial charge in [-0.1, -0.05) is 59.5 Å². The highest BCUT2D eigenvalue weighted by atomic mass is 33.1. The van der Waals surface area contributed by atoms with Crippen molar-refractivity contribution in [2.24, 2.45) is 5.92 Å². The average Bonchev–Trinajstić information content (AvgIpc) is 2.70. The molecule has 0 spiro atoms. The van der Waals surface area contributed by atoms with Crippen LogP contribution in [0.5, 0.6) is 0 Å². The van der Waals surface area contributed by atoms with E-state index in [1.807, 2.05) is 10.8 Å². The molecule has 0 aromatic heterocycles. The fourth-order valence-corrected chi connectivity index (χ4v) is 4.64. The van der Waals surface area contributed by atoms with Gasteiger partial charge in [-0.15, -0.1) is 0 Å². The van der Waals surface area contributed by atoms with Crippen molar-refractivity contribution >= 4 is 51.3 Å². The summed E-state index contributed by atoms with van der Waals surface area (Å²) in [6, 6.07) is 6.96. The van der Waals surface area contributed by atoms with Crippen molar-refractivity contribution in [3.05, 3.63) is 35.4 Å². The number of nitrogens with one attached hydrogen (secondary N) is 2. The van der Waals surface area contributed by atoms with Crippen LogP contribution in [0.1, 0.15) is 49.0 Å². The fourth-order valence-electron chi connectivity index (χ4n) is 2.08. The van der Waals surface area contributed by atoms with Crippen molar-refractivity contribution in [2.45, 2.75) is 39.7 Å². The summed E-state index contributed by atoms with van der Waals surface area (Å²) in [7, 11) is 3.63. The van der Waals surface area contributed by atoms with Crippen molar-refractivity contribution in [1.29, 1.82) is 0 Å². The molecule has 0 aliphatic carbocycles. The minimum Gasteiger partial charge on any atom is -0.461 e. The number of amides is 2. The van der Waals surface area contributed by atoms with Crippen LogP contribution >= 0.6 is 33.5 Å². The zero-order chi connectivity index (χ0) is 21.5. The van der Waals surface area contributed by atoms with Crippen LogP contribution in [0.2, 0.25) is 0 Å². The maximum Gasteiger partial charge on any atom is 0.306 e. The van der Waals surface area contributed by atoms with E-state index in [0.29, 0.717) is 12.1 Å². The van der Waals surface area contributed by atoms with E-state index in [0.717, 1.165) is 23.0 Å². The second-order valence-electron chi connectivity index (χ2n) is 6.67. The minimum atomic E-state index is -0.424. The number of benzene rings is 1. The van der Waals surface area contributed by atoms with Gasteiger partial charge in [0.1, 0.15) is 6.61 Å². The molecule has 0 bridgehead atoms. The van der Waals surface area contributed by atoms with Gasteiger partial charge in [0.25, 0.3) is 5.91 Å². The predicted molar refractivity (Wildman–Crippen MR) is 124 cm³/mol. The first-order chi connectivity index (χ1) is 13.9. The highest BCUT2D eigenvalue weighted by Gasteiger charge is 2.09. The summed E-state index contributed by atoms with van der Waals surface area (Å²) in [5.41, 5.74) is 1.37. The summed E-state index contributed by atoms with van der Waals surface area (Å²) in [5.74, 6) is 2.00. The molecule has 29 heavy (non-hydrogen) atoms. The molecular weight excluding hydrogens is 428 g/mol. The van der Waals surface area contributed by atoms with E-state index in [4.69, 9.17) is 4.74 Å². The number of hydrogen-bond donors (Lipinski definition) is 2. The van der Waals surface area contributed by atoms with Crippen molar-refractivity contribution in [3.63, 3.8) is 0 Å². The lowest BCUT2D eigenvalue weighted by Gasteiger charge is -2.08. The zero-order valence-electron chi connectivity index (χ0n) is 17.2. The van der Waals surface area contributed by atoms with Gasteiger partial charge in [-0.3, -0.25) is 14.4 Å². The lowest BCUT2D eigenvalue weighted by molar-refractivity contribution is -0.146. The highest BCUT2D eigenvalue weighted by Crippen LogP contribution is 2.22. The minimum absolute atomic E-state index is 0.0423.